The van der Waals surface area contributed by atoms with E-state index in [-0.39, 0.29) is 23.1 Å². The van der Waals surface area contributed by atoms with Gasteiger partial charge in [-0.15, -0.1) is 0 Å². The van der Waals surface area contributed by atoms with Gasteiger partial charge in [0.1, 0.15) is 11.0 Å². The quantitative estimate of drug-likeness (QED) is 0.507. The number of phenols is 2. The number of anilines is 1. The molecule has 0 fully saturated rings. The summed E-state index contributed by atoms with van der Waals surface area (Å²) in [6, 6.07) is 8.32. The van der Waals surface area contributed by atoms with E-state index >= 15 is 0 Å². The molecule has 5 N–H and O–H groups in total. The molecule has 21 heavy (non-hydrogen) atoms. The van der Waals surface area contributed by atoms with E-state index in [4.69, 9.17) is 17.3 Å². The van der Waals surface area contributed by atoms with Gasteiger partial charge in [0.15, 0.2) is 11.5 Å². The Morgan fingerprint density at radius 1 is 1.29 bits per heavy atom. The molecule has 1 amide bonds. The molecule has 0 spiro atoms. The fourth-order valence-corrected chi connectivity index (χ4v) is 1.90. The monoisotopic (exact) mass is 307 g/mol. The topological polar surface area (TPSA) is 108 Å². The third kappa shape index (κ3) is 4.08. The molecule has 2 aromatic rings. The predicted molar refractivity (Wildman–Crippen MR) is 79.3 cm³/mol. The fourth-order valence-electron chi connectivity index (χ4n) is 1.74. The summed E-state index contributed by atoms with van der Waals surface area (Å²) >= 11 is 5.72. The van der Waals surface area contributed by atoms with E-state index in [1.54, 1.807) is 24.3 Å². The maximum atomic E-state index is 11.9. The van der Waals surface area contributed by atoms with Crippen LogP contribution in [0.1, 0.15) is 5.56 Å². The fraction of sp³-hybridized carbons (Fsp3) is 0.143. The van der Waals surface area contributed by atoms with Gasteiger partial charge in [-0.2, -0.15) is 0 Å². The molecule has 1 aromatic carbocycles. The van der Waals surface area contributed by atoms with Crippen LogP contribution in [0.15, 0.2) is 36.4 Å². The van der Waals surface area contributed by atoms with E-state index in [2.05, 4.69) is 10.3 Å². The lowest BCUT2D eigenvalue weighted by atomic mass is 10.1. The number of carbonyl (C=O) groups is 1. The minimum Gasteiger partial charge on any atom is -0.504 e. The maximum Gasteiger partial charge on any atom is 0.242 e. The van der Waals surface area contributed by atoms with Crippen LogP contribution in [0.2, 0.25) is 5.15 Å². The van der Waals surface area contributed by atoms with Crippen molar-refractivity contribution in [3.8, 4) is 11.5 Å². The summed E-state index contributed by atoms with van der Waals surface area (Å²) in [7, 11) is 0. The molecule has 0 saturated heterocycles. The Morgan fingerprint density at radius 2 is 2.05 bits per heavy atom. The number of aromatic hydroxyl groups is 2. The van der Waals surface area contributed by atoms with Crippen molar-refractivity contribution in [2.24, 2.45) is 5.73 Å². The molecule has 0 aliphatic heterocycles. The number of rotatable bonds is 4. The third-order valence-electron chi connectivity index (χ3n) is 2.80. The van der Waals surface area contributed by atoms with Gasteiger partial charge in [0.05, 0.1) is 6.04 Å². The van der Waals surface area contributed by atoms with Crippen molar-refractivity contribution in [2.45, 2.75) is 12.5 Å². The first-order chi connectivity index (χ1) is 9.95. The van der Waals surface area contributed by atoms with Crippen molar-refractivity contribution in [3.63, 3.8) is 0 Å². The lowest BCUT2D eigenvalue weighted by molar-refractivity contribution is -0.117. The average Bonchev–Trinajstić information content (AvgIpc) is 2.43. The largest absolute Gasteiger partial charge is 0.504 e. The van der Waals surface area contributed by atoms with Crippen LogP contribution < -0.4 is 11.1 Å². The molecule has 6 nitrogen and oxygen atoms in total. The second-order valence-corrected chi connectivity index (χ2v) is 4.86. The highest BCUT2D eigenvalue weighted by molar-refractivity contribution is 6.29. The first-order valence-corrected chi connectivity index (χ1v) is 6.53. The summed E-state index contributed by atoms with van der Waals surface area (Å²) in [4.78, 5) is 15.9. The zero-order valence-corrected chi connectivity index (χ0v) is 11.7. The second-order valence-electron chi connectivity index (χ2n) is 4.47. The third-order valence-corrected chi connectivity index (χ3v) is 3.01. The zero-order chi connectivity index (χ0) is 15.4. The highest BCUT2D eigenvalue weighted by atomic mass is 35.5. The zero-order valence-electron chi connectivity index (χ0n) is 11.0. The van der Waals surface area contributed by atoms with E-state index in [1.165, 1.54) is 12.1 Å². The summed E-state index contributed by atoms with van der Waals surface area (Å²) in [5.41, 5.74) is 6.44. The number of hydrogen-bond acceptors (Lipinski definition) is 5. The van der Waals surface area contributed by atoms with Crippen LogP contribution in [-0.4, -0.2) is 27.1 Å². The number of benzene rings is 1. The highest BCUT2D eigenvalue weighted by Crippen LogP contribution is 2.25. The standard InChI is InChI=1S/C14H14ClN3O3/c15-12-2-1-3-13(17-12)18-14(21)9(16)6-8-4-5-10(19)11(20)7-8/h1-5,7,9,19-20H,6,16H2,(H,17,18,21)/t9-/m0/s1. The van der Waals surface area contributed by atoms with Crippen LogP contribution in [0.25, 0.3) is 0 Å². The van der Waals surface area contributed by atoms with Gasteiger partial charge in [0, 0.05) is 0 Å². The van der Waals surface area contributed by atoms with Gasteiger partial charge >= 0.3 is 0 Å². The number of aromatic nitrogens is 1. The van der Waals surface area contributed by atoms with Crippen molar-refractivity contribution in [3.05, 3.63) is 47.1 Å². The number of hydrogen-bond donors (Lipinski definition) is 4. The van der Waals surface area contributed by atoms with Gasteiger partial charge in [-0.25, -0.2) is 4.98 Å². The Hall–Kier alpha value is -2.31. The Bertz CT molecular complexity index is 664. The first kappa shape index (κ1) is 15.1. The van der Waals surface area contributed by atoms with Crippen LogP contribution in [0.3, 0.4) is 0 Å². The Balaban J connectivity index is 2.00. The number of halogens is 1. The van der Waals surface area contributed by atoms with Crippen molar-refractivity contribution < 1.29 is 15.0 Å². The van der Waals surface area contributed by atoms with Gasteiger partial charge < -0.3 is 21.3 Å². The Labute approximate surface area is 126 Å². The summed E-state index contributed by atoms with van der Waals surface area (Å²) in [5.74, 6) is -0.578. The second kappa shape index (κ2) is 6.43. The first-order valence-electron chi connectivity index (χ1n) is 6.15. The number of pyridine rings is 1. The molecular formula is C14H14ClN3O3. The number of nitrogens with zero attached hydrogens (tertiary/aromatic N) is 1. The summed E-state index contributed by atoms with van der Waals surface area (Å²) < 4.78 is 0. The van der Waals surface area contributed by atoms with E-state index in [0.717, 1.165) is 0 Å². The molecule has 7 heteroatoms. The minimum atomic E-state index is -0.824. The summed E-state index contributed by atoms with van der Waals surface area (Å²) in [6.07, 6.45) is 0.209. The lowest BCUT2D eigenvalue weighted by Crippen LogP contribution is -2.37. The Kier molecular flexibility index (Phi) is 4.62. The number of phenolic OH excluding ortho intramolecular Hbond substituents is 2. The van der Waals surface area contributed by atoms with Crippen LogP contribution in [-0.2, 0) is 11.2 Å². The molecule has 0 bridgehead atoms. The van der Waals surface area contributed by atoms with Gasteiger partial charge in [0.25, 0.3) is 0 Å². The minimum absolute atomic E-state index is 0.209. The van der Waals surface area contributed by atoms with E-state index in [1.807, 2.05) is 0 Å². The van der Waals surface area contributed by atoms with Crippen LogP contribution in [0.5, 0.6) is 11.5 Å². The van der Waals surface area contributed by atoms with Crippen molar-refractivity contribution in [2.75, 3.05) is 5.32 Å². The molecule has 0 aliphatic carbocycles. The lowest BCUT2D eigenvalue weighted by Gasteiger charge is -2.12. The van der Waals surface area contributed by atoms with E-state index in [0.29, 0.717) is 11.4 Å². The SMILES string of the molecule is N[C@@H](Cc1ccc(O)c(O)c1)C(=O)Nc1cccc(Cl)n1. The van der Waals surface area contributed by atoms with Gasteiger partial charge in [0.2, 0.25) is 5.91 Å². The highest BCUT2D eigenvalue weighted by Gasteiger charge is 2.15. The van der Waals surface area contributed by atoms with E-state index < -0.39 is 11.9 Å². The molecule has 1 atom stereocenters. The van der Waals surface area contributed by atoms with Gasteiger partial charge in [-0.05, 0) is 36.2 Å². The molecular weight excluding hydrogens is 294 g/mol. The van der Waals surface area contributed by atoms with Crippen LogP contribution in [0, 0.1) is 0 Å². The molecule has 1 heterocycles. The van der Waals surface area contributed by atoms with Crippen molar-refractivity contribution in [1.82, 2.24) is 4.98 Å². The van der Waals surface area contributed by atoms with E-state index in [9.17, 15) is 15.0 Å². The smallest absolute Gasteiger partial charge is 0.242 e. The number of carbonyl (C=O) groups excluding carboxylic acids is 1. The molecule has 0 aliphatic rings. The summed E-state index contributed by atoms with van der Waals surface area (Å²) in [5, 5.41) is 21.5. The van der Waals surface area contributed by atoms with Gasteiger partial charge in [-0.1, -0.05) is 23.7 Å². The Morgan fingerprint density at radius 3 is 2.71 bits per heavy atom. The molecule has 110 valence electrons. The number of amides is 1. The molecule has 0 unspecified atom stereocenters. The normalized spacial score (nSPS) is 11.9. The maximum absolute atomic E-state index is 11.9. The predicted octanol–water partition coefficient (Wildman–Crippen LogP) is 1.65. The molecule has 0 saturated carbocycles. The van der Waals surface area contributed by atoms with Gasteiger partial charge in [-0.3, -0.25) is 4.79 Å². The molecule has 0 radical (unpaired) electrons. The van der Waals surface area contributed by atoms with Crippen molar-refractivity contribution >= 4 is 23.3 Å². The van der Waals surface area contributed by atoms with Crippen molar-refractivity contribution in [1.29, 1.82) is 0 Å². The number of nitrogens with one attached hydrogen (secondary N) is 1. The average molecular weight is 308 g/mol. The van der Waals surface area contributed by atoms with Crippen LogP contribution in [0.4, 0.5) is 5.82 Å². The van der Waals surface area contributed by atoms with Crippen LogP contribution >= 0.6 is 11.6 Å². The summed E-state index contributed by atoms with van der Waals surface area (Å²) in [6.45, 7) is 0. The number of nitrogens with two attached hydrogens (primary N) is 1. The molecule has 1 aromatic heterocycles. The molecule has 2 rings (SSSR count).